The maximum absolute atomic E-state index is 13.9. The molecule has 2 atom stereocenters. The molecule has 8 nitrogen and oxygen atoms in total. The number of carbonyl (C=O) groups is 2. The highest BCUT2D eigenvalue weighted by atomic mass is 19.1. The smallest absolute Gasteiger partial charge is 0.296 e. The summed E-state index contributed by atoms with van der Waals surface area (Å²) in [6, 6.07) is 11.3. The molecule has 2 amide bonds. The molecule has 3 heterocycles. The molecule has 6 rings (SSSR count). The molecule has 0 radical (unpaired) electrons. The summed E-state index contributed by atoms with van der Waals surface area (Å²) < 4.78 is 37.3. The first-order valence-electron chi connectivity index (χ1n) is 11.2. The van der Waals surface area contributed by atoms with Crippen molar-refractivity contribution < 1.29 is 32.6 Å². The largest absolute Gasteiger partial charge is 0.496 e. The van der Waals surface area contributed by atoms with Crippen LogP contribution >= 0.6 is 0 Å². The minimum Gasteiger partial charge on any atom is -0.496 e. The van der Waals surface area contributed by atoms with Crippen LogP contribution in [0.3, 0.4) is 0 Å². The van der Waals surface area contributed by atoms with Crippen molar-refractivity contribution in [2.24, 2.45) is 5.92 Å². The molecule has 1 saturated heterocycles. The van der Waals surface area contributed by atoms with Gasteiger partial charge in [0.2, 0.25) is 5.76 Å². The molecule has 2 unspecified atom stereocenters. The number of methoxy groups -OCH3 is 1. The first-order valence-corrected chi connectivity index (χ1v) is 11.2. The Kier molecular flexibility index (Phi) is 4.77. The summed E-state index contributed by atoms with van der Waals surface area (Å²) in [7, 11) is 1.56. The fraction of sp³-hybridized carbons (Fsp3) is 0.360. The van der Waals surface area contributed by atoms with Crippen molar-refractivity contribution >= 4 is 22.8 Å². The van der Waals surface area contributed by atoms with Crippen LogP contribution in [0.4, 0.5) is 4.39 Å². The molecule has 0 spiro atoms. The van der Waals surface area contributed by atoms with E-state index in [4.69, 9.17) is 18.6 Å². The van der Waals surface area contributed by atoms with Crippen molar-refractivity contribution in [2.75, 3.05) is 20.3 Å². The molecule has 1 aliphatic carbocycles. The number of amides is 2. The van der Waals surface area contributed by atoms with Gasteiger partial charge in [-0.3, -0.25) is 14.5 Å². The number of halogens is 1. The Morgan fingerprint density at radius 1 is 1.26 bits per heavy atom. The van der Waals surface area contributed by atoms with Crippen molar-refractivity contribution in [1.29, 1.82) is 0 Å². The minimum absolute atomic E-state index is 0.0555. The molecule has 1 saturated carbocycles. The Bertz CT molecular complexity index is 1300. The summed E-state index contributed by atoms with van der Waals surface area (Å²) in [5.74, 6) is -0.483. The average molecular weight is 466 g/mol. The predicted molar refractivity (Wildman–Crippen MR) is 118 cm³/mol. The number of carbonyl (C=O) groups excluding carboxylic acids is 2. The monoisotopic (exact) mass is 466 g/mol. The average Bonchev–Trinajstić information content (AvgIpc) is 3.55. The Balaban J connectivity index is 1.35. The maximum Gasteiger partial charge on any atom is 0.296 e. The lowest BCUT2D eigenvalue weighted by Crippen LogP contribution is -2.60. The SMILES string of the molecule is COc1ccccc1CNC(=O)C12COc3c(oc4ccc(F)cc34)C(=O)N1CC(C1CC1)O2. The van der Waals surface area contributed by atoms with Crippen molar-refractivity contribution in [1.82, 2.24) is 10.2 Å². The fourth-order valence-corrected chi connectivity index (χ4v) is 4.78. The maximum atomic E-state index is 13.9. The lowest BCUT2D eigenvalue weighted by molar-refractivity contribution is -0.164. The van der Waals surface area contributed by atoms with Gasteiger partial charge in [-0.25, -0.2) is 4.39 Å². The molecule has 0 bridgehead atoms. The Morgan fingerprint density at radius 2 is 2.09 bits per heavy atom. The van der Waals surface area contributed by atoms with E-state index in [1.807, 2.05) is 24.3 Å². The molecule has 176 valence electrons. The van der Waals surface area contributed by atoms with E-state index in [2.05, 4.69) is 5.32 Å². The molecule has 2 aliphatic heterocycles. The van der Waals surface area contributed by atoms with Gasteiger partial charge in [-0.1, -0.05) is 18.2 Å². The predicted octanol–water partition coefficient (Wildman–Crippen LogP) is 3.24. The number of hydrogen-bond donors (Lipinski definition) is 1. The number of nitrogens with one attached hydrogen (secondary N) is 1. The molecule has 1 aromatic heterocycles. The lowest BCUT2D eigenvalue weighted by atomic mass is 10.1. The van der Waals surface area contributed by atoms with E-state index >= 15 is 0 Å². The van der Waals surface area contributed by atoms with Crippen molar-refractivity contribution in [3.63, 3.8) is 0 Å². The highest BCUT2D eigenvalue weighted by molar-refractivity contribution is 6.04. The molecular weight excluding hydrogens is 443 g/mol. The highest BCUT2D eigenvalue weighted by Gasteiger charge is 2.60. The normalized spacial score (nSPS) is 23.8. The van der Waals surface area contributed by atoms with Gasteiger partial charge in [0.05, 0.1) is 25.1 Å². The summed E-state index contributed by atoms with van der Waals surface area (Å²) >= 11 is 0. The van der Waals surface area contributed by atoms with Crippen LogP contribution in [0.25, 0.3) is 11.0 Å². The van der Waals surface area contributed by atoms with E-state index in [1.165, 1.54) is 23.1 Å². The Labute approximate surface area is 194 Å². The molecular formula is C25H23FN2O6. The number of fused-ring (bicyclic) bond motifs is 4. The van der Waals surface area contributed by atoms with E-state index in [9.17, 15) is 14.0 Å². The van der Waals surface area contributed by atoms with Crippen LogP contribution in [0.5, 0.6) is 11.5 Å². The molecule has 3 aliphatic rings. The fourth-order valence-electron chi connectivity index (χ4n) is 4.78. The van der Waals surface area contributed by atoms with Gasteiger partial charge in [-0.05, 0) is 43.0 Å². The zero-order valence-electron chi connectivity index (χ0n) is 18.5. The van der Waals surface area contributed by atoms with Crippen molar-refractivity contribution in [2.45, 2.75) is 31.2 Å². The molecule has 3 aromatic rings. The van der Waals surface area contributed by atoms with Crippen LogP contribution in [-0.2, 0) is 16.1 Å². The van der Waals surface area contributed by atoms with Gasteiger partial charge in [-0.2, -0.15) is 0 Å². The van der Waals surface area contributed by atoms with E-state index in [0.717, 1.165) is 18.4 Å². The standard InChI is InChI=1S/C25H23FN2O6/c1-31-18-5-3-2-4-15(18)11-27-24(30)25-13-32-21-17-10-16(26)8-9-19(17)33-22(21)23(29)28(25)12-20(34-25)14-6-7-14/h2-5,8-10,14,20H,6-7,11-13H2,1H3,(H,27,30). The first kappa shape index (κ1) is 21.0. The topological polar surface area (TPSA) is 90.2 Å². The van der Waals surface area contributed by atoms with Gasteiger partial charge in [0.1, 0.15) is 23.8 Å². The third kappa shape index (κ3) is 3.22. The number of hydrogen-bond acceptors (Lipinski definition) is 6. The summed E-state index contributed by atoms with van der Waals surface area (Å²) in [6.45, 7) is 0.194. The van der Waals surface area contributed by atoms with Gasteiger partial charge >= 0.3 is 0 Å². The molecule has 1 N–H and O–H groups in total. The van der Waals surface area contributed by atoms with Gasteiger partial charge in [-0.15, -0.1) is 0 Å². The first-order chi connectivity index (χ1) is 16.5. The van der Waals surface area contributed by atoms with Crippen LogP contribution < -0.4 is 14.8 Å². The van der Waals surface area contributed by atoms with Gasteiger partial charge < -0.3 is 23.9 Å². The summed E-state index contributed by atoms with van der Waals surface area (Å²) in [4.78, 5) is 28.6. The molecule has 9 heteroatoms. The van der Waals surface area contributed by atoms with Gasteiger partial charge in [0.25, 0.3) is 17.5 Å². The zero-order chi connectivity index (χ0) is 23.4. The second-order valence-corrected chi connectivity index (χ2v) is 8.88. The number of nitrogens with zero attached hydrogens (tertiary/aromatic N) is 1. The molecule has 2 fully saturated rings. The highest BCUT2D eigenvalue weighted by Crippen LogP contribution is 2.46. The van der Waals surface area contributed by atoms with Crippen LogP contribution in [0.2, 0.25) is 0 Å². The minimum atomic E-state index is -1.66. The second kappa shape index (κ2) is 7.73. The van der Waals surface area contributed by atoms with Crippen molar-refractivity contribution in [3.05, 3.63) is 59.6 Å². The summed E-state index contributed by atoms with van der Waals surface area (Å²) in [6.07, 6.45) is 1.71. The van der Waals surface area contributed by atoms with Crippen molar-refractivity contribution in [3.8, 4) is 11.5 Å². The third-order valence-electron chi connectivity index (χ3n) is 6.74. The van der Waals surface area contributed by atoms with E-state index < -0.39 is 23.4 Å². The van der Waals surface area contributed by atoms with Gasteiger partial charge in [0, 0.05) is 12.1 Å². The zero-order valence-corrected chi connectivity index (χ0v) is 18.5. The summed E-state index contributed by atoms with van der Waals surface area (Å²) in [5, 5.41) is 3.23. The Hall–Kier alpha value is -3.59. The Morgan fingerprint density at radius 3 is 2.88 bits per heavy atom. The van der Waals surface area contributed by atoms with Gasteiger partial charge in [0.15, 0.2) is 5.75 Å². The van der Waals surface area contributed by atoms with E-state index in [1.54, 1.807) is 7.11 Å². The van der Waals surface area contributed by atoms with E-state index in [-0.39, 0.29) is 37.3 Å². The quantitative estimate of drug-likeness (QED) is 0.621. The molecule has 2 aromatic carbocycles. The number of rotatable bonds is 5. The summed E-state index contributed by atoms with van der Waals surface area (Å²) in [5.41, 5.74) is -0.535. The van der Waals surface area contributed by atoms with Crippen LogP contribution in [0.1, 0.15) is 29.0 Å². The lowest BCUT2D eigenvalue weighted by Gasteiger charge is -2.32. The van der Waals surface area contributed by atoms with Crippen LogP contribution in [0, 0.1) is 11.7 Å². The second-order valence-electron chi connectivity index (χ2n) is 8.88. The molecule has 34 heavy (non-hydrogen) atoms. The number of furan rings is 1. The van der Waals surface area contributed by atoms with Crippen LogP contribution in [0.15, 0.2) is 46.9 Å². The number of ether oxygens (including phenoxy) is 3. The number of para-hydroxylation sites is 1. The number of benzene rings is 2. The third-order valence-corrected chi connectivity index (χ3v) is 6.74. The van der Waals surface area contributed by atoms with E-state index in [0.29, 0.717) is 22.6 Å². The van der Waals surface area contributed by atoms with Crippen LogP contribution in [-0.4, -0.2) is 48.8 Å².